The first-order chi connectivity index (χ1) is 12.2. The van der Waals surface area contributed by atoms with Crippen molar-refractivity contribution < 1.29 is 13.2 Å². The molecule has 1 N–H and O–H groups in total. The number of nitrogens with one attached hydrogen (secondary N) is 1. The number of hydrogen-bond donors (Lipinski definition) is 1. The van der Waals surface area contributed by atoms with E-state index < -0.39 is 9.84 Å². The molecular formula is C19H19N3O3S. The highest BCUT2D eigenvalue weighted by Gasteiger charge is 2.11. The molecule has 6 nitrogen and oxygen atoms in total. The molecule has 0 bridgehead atoms. The van der Waals surface area contributed by atoms with Gasteiger partial charge >= 0.3 is 0 Å². The van der Waals surface area contributed by atoms with Gasteiger partial charge in [-0.25, -0.2) is 13.1 Å². The zero-order chi connectivity index (χ0) is 18.9. The predicted octanol–water partition coefficient (Wildman–Crippen LogP) is 3.14. The van der Waals surface area contributed by atoms with Gasteiger partial charge in [-0.05, 0) is 62.4 Å². The van der Waals surface area contributed by atoms with Gasteiger partial charge in [0, 0.05) is 23.2 Å². The first-order valence-corrected chi connectivity index (χ1v) is 9.88. The lowest BCUT2D eigenvalue weighted by molar-refractivity contribution is 0.102. The average Bonchev–Trinajstić information content (AvgIpc) is 2.93. The molecule has 0 saturated heterocycles. The smallest absolute Gasteiger partial charge is 0.255 e. The Morgan fingerprint density at radius 1 is 1.04 bits per heavy atom. The fourth-order valence-corrected chi connectivity index (χ4v) is 3.32. The number of carbonyl (C=O) groups is 1. The Balaban J connectivity index is 1.80. The lowest BCUT2D eigenvalue weighted by Crippen LogP contribution is -2.12. The van der Waals surface area contributed by atoms with Crippen LogP contribution in [-0.2, 0) is 9.84 Å². The van der Waals surface area contributed by atoms with Crippen LogP contribution in [0.15, 0.2) is 59.5 Å². The molecule has 0 saturated carbocycles. The van der Waals surface area contributed by atoms with Gasteiger partial charge in [0.05, 0.1) is 16.3 Å². The Labute approximate surface area is 152 Å². The molecule has 3 rings (SSSR count). The van der Waals surface area contributed by atoms with Gasteiger partial charge in [-0.1, -0.05) is 6.07 Å². The maximum Gasteiger partial charge on any atom is 0.255 e. The molecule has 0 unspecified atom stereocenters. The topological polar surface area (TPSA) is 81.1 Å². The molecule has 0 aliphatic carbocycles. The number of benzene rings is 2. The van der Waals surface area contributed by atoms with Crippen LogP contribution in [0.5, 0.6) is 0 Å². The van der Waals surface area contributed by atoms with Gasteiger partial charge in [-0.15, -0.1) is 0 Å². The summed E-state index contributed by atoms with van der Waals surface area (Å²) in [5.41, 5.74) is 3.71. The zero-order valence-electron chi connectivity index (χ0n) is 14.7. The highest BCUT2D eigenvalue weighted by molar-refractivity contribution is 7.90. The SMILES string of the molecule is Cc1cc(C)n(-c2ccc(C(=O)Nc3cccc(S(C)(=O)=O)c3)cc2)n1. The van der Waals surface area contributed by atoms with Gasteiger partial charge in [0.25, 0.3) is 5.91 Å². The lowest BCUT2D eigenvalue weighted by atomic mass is 10.2. The number of aryl methyl sites for hydroxylation is 2. The molecule has 134 valence electrons. The zero-order valence-corrected chi connectivity index (χ0v) is 15.5. The standard InChI is InChI=1S/C19H19N3O3S/c1-13-11-14(2)22(21-13)17-9-7-15(8-10-17)19(23)20-16-5-4-6-18(12-16)26(3,24)25/h4-12H,1-3H3,(H,20,23). The van der Waals surface area contributed by atoms with Gasteiger partial charge in [0.1, 0.15) is 0 Å². The minimum atomic E-state index is -3.33. The molecule has 1 amide bonds. The van der Waals surface area contributed by atoms with Crippen LogP contribution in [0.4, 0.5) is 5.69 Å². The second kappa shape index (κ2) is 6.76. The summed E-state index contributed by atoms with van der Waals surface area (Å²) >= 11 is 0. The van der Waals surface area contributed by atoms with Crippen molar-refractivity contribution in [2.75, 3.05) is 11.6 Å². The first kappa shape index (κ1) is 17.9. The number of anilines is 1. The monoisotopic (exact) mass is 369 g/mol. The van der Waals surface area contributed by atoms with Crippen LogP contribution >= 0.6 is 0 Å². The molecule has 2 aromatic carbocycles. The molecule has 1 heterocycles. The van der Waals surface area contributed by atoms with Crippen molar-refractivity contribution in [2.45, 2.75) is 18.7 Å². The molecule has 0 atom stereocenters. The van der Waals surface area contributed by atoms with E-state index in [1.807, 2.05) is 36.7 Å². The quantitative estimate of drug-likeness (QED) is 0.766. The third kappa shape index (κ3) is 3.83. The summed E-state index contributed by atoms with van der Waals surface area (Å²) in [6.07, 6.45) is 1.13. The van der Waals surface area contributed by atoms with E-state index in [9.17, 15) is 13.2 Å². The predicted molar refractivity (Wildman–Crippen MR) is 101 cm³/mol. The number of hydrogen-bond acceptors (Lipinski definition) is 4. The number of amides is 1. The Hall–Kier alpha value is -2.93. The van der Waals surface area contributed by atoms with Gasteiger partial charge in [0.2, 0.25) is 0 Å². The van der Waals surface area contributed by atoms with Crippen LogP contribution in [0.1, 0.15) is 21.7 Å². The highest BCUT2D eigenvalue weighted by atomic mass is 32.2. The third-order valence-electron chi connectivity index (χ3n) is 3.90. The van der Waals surface area contributed by atoms with Gasteiger partial charge in [-0.3, -0.25) is 4.79 Å². The largest absolute Gasteiger partial charge is 0.322 e. The summed E-state index contributed by atoms with van der Waals surface area (Å²) < 4.78 is 25.1. The normalized spacial score (nSPS) is 11.3. The van der Waals surface area contributed by atoms with Crippen molar-refractivity contribution in [3.05, 3.63) is 71.5 Å². The Bertz CT molecular complexity index is 1070. The molecule has 26 heavy (non-hydrogen) atoms. The summed E-state index contributed by atoms with van der Waals surface area (Å²) in [7, 11) is -3.33. The van der Waals surface area contributed by atoms with Crippen molar-refractivity contribution in [1.82, 2.24) is 9.78 Å². The van der Waals surface area contributed by atoms with E-state index in [4.69, 9.17) is 0 Å². The summed E-state index contributed by atoms with van der Waals surface area (Å²) in [4.78, 5) is 12.6. The number of aromatic nitrogens is 2. The van der Waals surface area contributed by atoms with E-state index in [-0.39, 0.29) is 10.8 Å². The van der Waals surface area contributed by atoms with Crippen molar-refractivity contribution in [1.29, 1.82) is 0 Å². The Kier molecular flexibility index (Phi) is 4.65. The summed E-state index contributed by atoms with van der Waals surface area (Å²) in [5, 5.41) is 7.13. The molecule has 0 spiro atoms. The van der Waals surface area contributed by atoms with E-state index in [0.29, 0.717) is 11.3 Å². The highest BCUT2D eigenvalue weighted by Crippen LogP contribution is 2.17. The van der Waals surface area contributed by atoms with E-state index in [1.54, 1.807) is 24.3 Å². The Morgan fingerprint density at radius 2 is 1.73 bits per heavy atom. The van der Waals surface area contributed by atoms with Crippen molar-refractivity contribution in [2.24, 2.45) is 0 Å². The third-order valence-corrected chi connectivity index (χ3v) is 5.01. The fourth-order valence-electron chi connectivity index (χ4n) is 2.65. The molecular weight excluding hydrogens is 350 g/mol. The first-order valence-electron chi connectivity index (χ1n) is 7.99. The molecule has 0 fully saturated rings. The number of nitrogens with zero attached hydrogens (tertiary/aromatic N) is 2. The maximum atomic E-state index is 12.4. The van der Waals surface area contributed by atoms with E-state index >= 15 is 0 Å². The molecule has 0 radical (unpaired) electrons. The van der Waals surface area contributed by atoms with E-state index in [2.05, 4.69) is 10.4 Å². The van der Waals surface area contributed by atoms with Crippen LogP contribution < -0.4 is 5.32 Å². The lowest BCUT2D eigenvalue weighted by Gasteiger charge is -2.08. The average molecular weight is 369 g/mol. The van der Waals surface area contributed by atoms with Gasteiger partial charge in [-0.2, -0.15) is 5.10 Å². The molecule has 0 aliphatic heterocycles. The molecule has 7 heteroatoms. The number of sulfone groups is 1. The van der Waals surface area contributed by atoms with Gasteiger partial charge in [0.15, 0.2) is 9.84 Å². The van der Waals surface area contributed by atoms with Crippen LogP contribution in [0.2, 0.25) is 0 Å². The fraction of sp³-hybridized carbons (Fsp3) is 0.158. The Morgan fingerprint density at radius 3 is 2.31 bits per heavy atom. The summed E-state index contributed by atoms with van der Waals surface area (Å²) in [5.74, 6) is -0.310. The minimum absolute atomic E-state index is 0.162. The summed E-state index contributed by atoms with van der Waals surface area (Å²) in [6, 6.07) is 15.2. The molecule has 3 aromatic rings. The minimum Gasteiger partial charge on any atom is -0.322 e. The summed E-state index contributed by atoms with van der Waals surface area (Å²) in [6.45, 7) is 3.89. The number of carbonyl (C=O) groups excluding carboxylic acids is 1. The maximum absolute atomic E-state index is 12.4. The van der Waals surface area contributed by atoms with Crippen LogP contribution in [0.3, 0.4) is 0 Å². The van der Waals surface area contributed by atoms with E-state index in [1.165, 1.54) is 12.1 Å². The molecule has 1 aromatic heterocycles. The second-order valence-electron chi connectivity index (χ2n) is 6.14. The van der Waals surface area contributed by atoms with Crippen LogP contribution in [0.25, 0.3) is 5.69 Å². The number of rotatable bonds is 4. The molecule has 0 aliphatic rings. The van der Waals surface area contributed by atoms with Crippen LogP contribution in [0, 0.1) is 13.8 Å². The van der Waals surface area contributed by atoms with Gasteiger partial charge < -0.3 is 5.32 Å². The van der Waals surface area contributed by atoms with Crippen molar-refractivity contribution in [3.8, 4) is 5.69 Å². The van der Waals surface area contributed by atoms with Crippen molar-refractivity contribution >= 4 is 21.4 Å². The van der Waals surface area contributed by atoms with Crippen molar-refractivity contribution in [3.63, 3.8) is 0 Å². The second-order valence-corrected chi connectivity index (χ2v) is 8.16. The van der Waals surface area contributed by atoms with Crippen LogP contribution in [-0.4, -0.2) is 30.4 Å². The van der Waals surface area contributed by atoms with E-state index in [0.717, 1.165) is 23.3 Å².